The Morgan fingerprint density at radius 1 is 1.45 bits per heavy atom. The van der Waals surface area contributed by atoms with E-state index in [1.165, 1.54) is 0 Å². The van der Waals surface area contributed by atoms with Crippen LogP contribution < -0.4 is 5.32 Å². The lowest BCUT2D eigenvalue weighted by molar-refractivity contribution is -0.143. The Hall–Kier alpha value is -2.03. The molecule has 0 aliphatic rings. The van der Waals surface area contributed by atoms with E-state index in [4.69, 9.17) is 11.6 Å². The van der Waals surface area contributed by atoms with Crippen LogP contribution in [0.25, 0.3) is 0 Å². The molecule has 0 bridgehead atoms. The fourth-order valence-electron chi connectivity index (χ4n) is 1.91. The molecule has 22 heavy (non-hydrogen) atoms. The number of aryl methyl sites for hydroxylation is 2. The fraction of sp³-hybridized carbons (Fsp3) is 0.417. The van der Waals surface area contributed by atoms with Gasteiger partial charge in [-0.25, -0.2) is 0 Å². The molecule has 2 rings (SSSR count). The van der Waals surface area contributed by atoms with E-state index in [0.29, 0.717) is 17.6 Å². The molecule has 0 unspecified atom stereocenters. The predicted octanol–water partition coefficient (Wildman–Crippen LogP) is 2.11. The van der Waals surface area contributed by atoms with Gasteiger partial charge in [-0.1, -0.05) is 11.6 Å². The zero-order chi connectivity index (χ0) is 16.3. The zero-order valence-electron chi connectivity index (χ0n) is 11.6. The Morgan fingerprint density at radius 3 is 2.73 bits per heavy atom. The smallest absolute Gasteiger partial charge is 0.351 e. The lowest BCUT2D eigenvalue weighted by Gasteiger charge is -2.06. The molecule has 1 amide bonds. The third-order valence-corrected chi connectivity index (χ3v) is 3.24. The second kappa shape index (κ2) is 6.39. The molecule has 0 aliphatic heterocycles. The normalized spacial score (nSPS) is 11.7. The highest BCUT2D eigenvalue weighted by molar-refractivity contribution is 6.34. The molecule has 0 aliphatic carbocycles. The van der Waals surface area contributed by atoms with Gasteiger partial charge in [0.05, 0.1) is 0 Å². The summed E-state index contributed by atoms with van der Waals surface area (Å²) in [6, 6.07) is 1.77. The van der Waals surface area contributed by atoms with Crippen LogP contribution in [-0.2, 0) is 19.8 Å². The molecule has 0 atom stereocenters. The van der Waals surface area contributed by atoms with Crippen molar-refractivity contribution in [1.82, 2.24) is 24.9 Å². The topological polar surface area (TPSA) is 64.7 Å². The summed E-state index contributed by atoms with van der Waals surface area (Å²) in [5.74, 6) is -0.739. The first-order chi connectivity index (χ1) is 10.3. The lowest BCUT2D eigenvalue weighted by Crippen LogP contribution is -2.26. The number of halogens is 4. The summed E-state index contributed by atoms with van der Waals surface area (Å²) in [4.78, 5) is 11.9. The van der Waals surface area contributed by atoms with E-state index in [-0.39, 0.29) is 6.54 Å². The van der Waals surface area contributed by atoms with Crippen molar-refractivity contribution >= 4 is 17.5 Å². The Bertz CT molecular complexity index is 651. The summed E-state index contributed by atoms with van der Waals surface area (Å²) < 4.78 is 40.5. The monoisotopic (exact) mass is 335 g/mol. The van der Waals surface area contributed by atoms with Gasteiger partial charge in [0.2, 0.25) is 0 Å². The number of hydrogen-bond acceptors (Lipinski definition) is 3. The number of carbonyl (C=O) groups excluding carboxylic acids is 1. The Labute approximate surface area is 128 Å². The summed E-state index contributed by atoms with van der Waals surface area (Å²) in [5, 5.41) is 9.32. The molecule has 1 N–H and O–H groups in total. The van der Waals surface area contributed by atoms with Crippen LogP contribution in [0.1, 0.15) is 22.6 Å². The maximum absolute atomic E-state index is 12.8. The van der Waals surface area contributed by atoms with Crippen LogP contribution in [0.15, 0.2) is 18.5 Å². The molecule has 0 spiro atoms. The van der Waals surface area contributed by atoms with E-state index >= 15 is 0 Å². The molecule has 2 heterocycles. The summed E-state index contributed by atoms with van der Waals surface area (Å²) in [5.41, 5.74) is -1.58. The van der Waals surface area contributed by atoms with Crippen LogP contribution in [0.3, 0.4) is 0 Å². The number of alkyl halides is 3. The van der Waals surface area contributed by atoms with Crippen LogP contribution in [0.2, 0.25) is 5.02 Å². The molecule has 2 aromatic heterocycles. The van der Waals surface area contributed by atoms with Crippen molar-refractivity contribution in [2.24, 2.45) is 7.05 Å². The zero-order valence-corrected chi connectivity index (χ0v) is 12.3. The molecular formula is C12H13ClF3N5O. The first-order valence-corrected chi connectivity index (χ1v) is 6.74. The van der Waals surface area contributed by atoms with Gasteiger partial charge in [-0.3, -0.25) is 14.2 Å². The summed E-state index contributed by atoms with van der Waals surface area (Å²) in [6.45, 7) is 0.851. The van der Waals surface area contributed by atoms with Crippen molar-refractivity contribution in [2.45, 2.75) is 19.1 Å². The van der Waals surface area contributed by atoms with Gasteiger partial charge in [0.15, 0.2) is 11.4 Å². The van der Waals surface area contributed by atoms with Crippen molar-refractivity contribution in [3.05, 3.63) is 34.9 Å². The van der Waals surface area contributed by atoms with Crippen LogP contribution in [0.5, 0.6) is 0 Å². The second-order valence-electron chi connectivity index (χ2n) is 4.51. The van der Waals surface area contributed by atoms with E-state index in [0.717, 1.165) is 7.05 Å². The maximum Gasteiger partial charge on any atom is 0.434 e. The van der Waals surface area contributed by atoms with Gasteiger partial charge in [0.25, 0.3) is 5.91 Å². The van der Waals surface area contributed by atoms with Gasteiger partial charge >= 0.3 is 6.18 Å². The van der Waals surface area contributed by atoms with Crippen molar-refractivity contribution < 1.29 is 18.0 Å². The quantitative estimate of drug-likeness (QED) is 0.851. The Kier molecular flexibility index (Phi) is 4.74. The minimum Gasteiger partial charge on any atom is -0.351 e. The van der Waals surface area contributed by atoms with Gasteiger partial charge in [-0.15, -0.1) is 0 Å². The van der Waals surface area contributed by atoms with Crippen molar-refractivity contribution in [1.29, 1.82) is 0 Å². The fourth-order valence-corrected chi connectivity index (χ4v) is 2.26. The molecule has 0 aromatic carbocycles. The molecular weight excluding hydrogens is 323 g/mol. The van der Waals surface area contributed by atoms with E-state index in [1.54, 1.807) is 23.1 Å². The Morgan fingerprint density at radius 2 is 2.18 bits per heavy atom. The summed E-state index contributed by atoms with van der Waals surface area (Å²) in [7, 11) is 1.09. The van der Waals surface area contributed by atoms with Gasteiger partial charge in [0.1, 0.15) is 5.02 Å². The van der Waals surface area contributed by atoms with E-state index in [1.807, 2.05) is 0 Å². The van der Waals surface area contributed by atoms with Gasteiger partial charge in [-0.05, 0) is 12.5 Å². The Balaban J connectivity index is 1.95. The molecule has 10 heteroatoms. The largest absolute Gasteiger partial charge is 0.434 e. The van der Waals surface area contributed by atoms with E-state index in [9.17, 15) is 18.0 Å². The molecule has 2 aromatic rings. The van der Waals surface area contributed by atoms with Gasteiger partial charge in [-0.2, -0.15) is 23.4 Å². The minimum absolute atomic E-state index is 0.271. The number of nitrogens with zero attached hydrogens (tertiary/aromatic N) is 4. The highest BCUT2D eigenvalue weighted by atomic mass is 35.5. The number of rotatable bonds is 5. The second-order valence-corrected chi connectivity index (χ2v) is 4.89. The average molecular weight is 336 g/mol. The lowest BCUT2D eigenvalue weighted by atomic mass is 10.3. The van der Waals surface area contributed by atoms with Gasteiger partial charge < -0.3 is 5.32 Å². The van der Waals surface area contributed by atoms with E-state index < -0.39 is 28.5 Å². The predicted molar refractivity (Wildman–Crippen MR) is 72.4 cm³/mol. The number of amides is 1. The molecule has 6 nitrogen and oxygen atoms in total. The standard InChI is InChI=1S/C12H13ClF3N5O/c1-20-10(12(14,15)16)8(13)9(19-20)11(22)17-4-2-6-21-7-3-5-18-21/h3,5,7H,2,4,6H2,1H3,(H,17,22). The number of hydrogen-bond donors (Lipinski definition) is 1. The van der Waals surface area contributed by atoms with Crippen molar-refractivity contribution in [3.63, 3.8) is 0 Å². The van der Waals surface area contributed by atoms with Crippen LogP contribution in [0.4, 0.5) is 13.2 Å². The molecule has 120 valence electrons. The average Bonchev–Trinajstić information content (AvgIpc) is 3.01. The first-order valence-electron chi connectivity index (χ1n) is 6.36. The SMILES string of the molecule is Cn1nc(C(=O)NCCCn2cccn2)c(Cl)c1C(F)(F)F. The number of carbonyl (C=O) groups is 1. The summed E-state index contributed by atoms with van der Waals surface area (Å²) >= 11 is 5.62. The number of nitrogens with one attached hydrogen (secondary N) is 1. The van der Waals surface area contributed by atoms with Crippen LogP contribution in [-0.4, -0.2) is 32.0 Å². The van der Waals surface area contributed by atoms with E-state index in [2.05, 4.69) is 15.5 Å². The molecule has 0 radical (unpaired) electrons. The third-order valence-electron chi connectivity index (χ3n) is 2.88. The van der Waals surface area contributed by atoms with Crippen molar-refractivity contribution in [3.8, 4) is 0 Å². The minimum atomic E-state index is -4.67. The first kappa shape index (κ1) is 16.3. The van der Waals surface area contributed by atoms with Gasteiger partial charge in [0, 0.05) is 32.5 Å². The maximum atomic E-state index is 12.8. The molecule has 0 fully saturated rings. The summed E-state index contributed by atoms with van der Waals surface area (Å²) in [6.07, 6.45) is -0.695. The molecule has 0 saturated heterocycles. The highest BCUT2D eigenvalue weighted by Gasteiger charge is 2.39. The molecule has 0 saturated carbocycles. The third kappa shape index (κ3) is 3.59. The highest BCUT2D eigenvalue weighted by Crippen LogP contribution is 2.35. The van der Waals surface area contributed by atoms with Crippen molar-refractivity contribution in [2.75, 3.05) is 6.54 Å². The van der Waals surface area contributed by atoms with Crippen LogP contribution >= 0.6 is 11.6 Å². The number of aromatic nitrogens is 4. The van der Waals surface area contributed by atoms with Crippen LogP contribution in [0, 0.1) is 0 Å².